The van der Waals surface area contributed by atoms with Crippen molar-refractivity contribution in [2.45, 2.75) is 44.6 Å². The van der Waals surface area contributed by atoms with E-state index in [0.29, 0.717) is 5.92 Å². The number of aromatic nitrogens is 2. The molecule has 0 aliphatic carbocycles. The van der Waals surface area contributed by atoms with Crippen LogP contribution in [0.4, 0.5) is 5.69 Å². The number of hydrogen-bond donors (Lipinski definition) is 1. The molecule has 1 atom stereocenters. The van der Waals surface area contributed by atoms with Gasteiger partial charge in [0.15, 0.2) is 0 Å². The molecule has 0 unspecified atom stereocenters. The number of rotatable bonds is 3. The molecule has 5 nitrogen and oxygen atoms in total. The minimum absolute atomic E-state index is 0.153. The Hall–Kier alpha value is -1.79. The van der Waals surface area contributed by atoms with E-state index in [1.807, 2.05) is 18.2 Å². The van der Waals surface area contributed by atoms with Gasteiger partial charge in [-0.05, 0) is 48.5 Å². The first-order chi connectivity index (χ1) is 11.6. The van der Waals surface area contributed by atoms with E-state index in [0.717, 1.165) is 49.4 Å². The standard InChI is InChI=1S/C18H22N4OS/c1-12(2)16-15(24-21-20-16)10-22-9-5-8-18(11-22)13-6-3-4-7-14(13)19-17(18)23/h3-4,6-7,12H,5,8-11H2,1-2H3,(H,19,23)/t18-/m1/s1. The Balaban J connectivity index is 1.60. The molecule has 0 saturated carbocycles. The smallest absolute Gasteiger partial charge is 0.236 e. The third kappa shape index (κ3) is 2.45. The van der Waals surface area contributed by atoms with Gasteiger partial charge in [0.05, 0.1) is 16.0 Å². The number of nitrogens with one attached hydrogen (secondary N) is 1. The Kier molecular flexibility index (Phi) is 3.89. The van der Waals surface area contributed by atoms with E-state index >= 15 is 0 Å². The number of nitrogens with zero attached hydrogens (tertiary/aromatic N) is 3. The molecule has 2 aromatic rings. The van der Waals surface area contributed by atoms with Crippen LogP contribution in [0.3, 0.4) is 0 Å². The molecule has 1 fully saturated rings. The van der Waals surface area contributed by atoms with E-state index in [2.05, 4.69) is 39.7 Å². The summed E-state index contributed by atoms with van der Waals surface area (Å²) in [5.41, 5.74) is 2.83. The van der Waals surface area contributed by atoms with Gasteiger partial charge in [-0.2, -0.15) is 0 Å². The van der Waals surface area contributed by atoms with E-state index < -0.39 is 5.41 Å². The van der Waals surface area contributed by atoms with Crippen LogP contribution in [0.15, 0.2) is 24.3 Å². The fourth-order valence-electron chi connectivity index (χ4n) is 4.02. The number of fused-ring (bicyclic) bond motifs is 2. The first-order valence-corrected chi connectivity index (χ1v) is 9.32. The van der Waals surface area contributed by atoms with E-state index in [1.165, 1.54) is 16.4 Å². The van der Waals surface area contributed by atoms with Gasteiger partial charge in [-0.25, -0.2) is 0 Å². The van der Waals surface area contributed by atoms with Crippen LogP contribution in [0.2, 0.25) is 0 Å². The van der Waals surface area contributed by atoms with Crippen LogP contribution in [0.5, 0.6) is 0 Å². The summed E-state index contributed by atoms with van der Waals surface area (Å²) in [5.74, 6) is 0.535. The zero-order valence-corrected chi connectivity index (χ0v) is 14.9. The number of carbonyl (C=O) groups is 1. The predicted molar refractivity (Wildman–Crippen MR) is 95.3 cm³/mol. The fraction of sp³-hybridized carbons (Fsp3) is 0.500. The first kappa shape index (κ1) is 15.7. The van der Waals surface area contributed by atoms with E-state index in [1.54, 1.807) is 0 Å². The summed E-state index contributed by atoms with van der Waals surface area (Å²) in [4.78, 5) is 16.4. The summed E-state index contributed by atoms with van der Waals surface area (Å²) >= 11 is 1.49. The SMILES string of the molecule is CC(C)c1nnsc1CN1CCC[C@]2(C1)C(=O)Nc1ccccc12. The molecule has 6 heteroatoms. The summed E-state index contributed by atoms with van der Waals surface area (Å²) in [7, 11) is 0. The lowest BCUT2D eigenvalue weighted by atomic mass is 9.75. The number of piperidine rings is 1. The number of carbonyl (C=O) groups excluding carboxylic acids is 1. The number of anilines is 1. The number of para-hydroxylation sites is 1. The average molecular weight is 342 g/mol. The van der Waals surface area contributed by atoms with Crippen LogP contribution >= 0.6 is 11.5 Å². The molecule has 1 amide bonds. The molecule has 1 spiro atoms. The maximum absolute atomic E-state index is 12.8. The molecular formula is C18H22N4OS. The predicted octanol–water partition coefficient (Wildman–Crippen LogP) is 3.15. The summed E-state index contributed by atoms with van der Waals surface area (Å²) in [5, 5.41) is 7.36. The molecule has 24 heavy (non-hydrogen) atoms. The van der Waals surface area contributed by atoms with Crippen molar-refractivity contribution in [2.75, 3.05) is 18.4 Å². The van der Waals surface area contributed by atoms with Gasteiger partial charge in [0.25, 0.3) is 0 Å². The number of amides is 1. The van der Waals surface area contributed by atoms with Gasteiger partial charge in [0, 0.05) is 18.8 Å². The average Bonchev–Trinajstić information content (AvgIpc) is 3.12. The van der Waals surface area contributed by atoms with Crippen molar-refractivity contribution < 1.29 is 4.79 Å². The zero-order chi connectivity index (χ0) is 16.7. The van der Waals surface area contributed by atoms with Crippen molar-refractivity contribution >= 4 is 23.1 Å². The molecular weight excluding hydrogens is 320 g/mol. The van der Waals surface area contributed by atoms with E-state index in [-0.39, 0.29) is 5.91 Å². The highest BCUT2D eigenvalue weighted by atomic mass is 32.1. The van der Waals surface area contributed by atoms with Crippen molar-refractivity contribution in [3.63, 3.8) is 0 Å². The van der Waals surface area contributed by atoms with Crippen molar-refractivity contribution in [1.82, 2.24) is 14.5 Å². The second-order valence-electron chi connectivity index (χ2n) is 7.13. The first-order valence-electron chi connectivity index (χ1n) is 8.54. The molecule has 126 valence electrons. The van der Waals surface area contributed by atoms with Gasteiger partial charge in [0.1, 0.15) is 0 Å². The van der Waals surface area contributed by atoms with Gasteiger partial charge in [-0.3, -0.25) is 9.69 Å². The molecule has 3 heterocycles. The topological polar surface area (TPSA) is 58.1 Å². The second-order valence-corrected chi connectivity index (χ2v) is 7.97. The third-order valence-electron chi connectivity index (χ3n) is 5.20. The fourth-order valence-corrected chi connectivity index (χ4v) is 4.86. The third-order valence-corrected chi connectivity index (χ3v) is 5.92. The monoisotopic (exact) mass is 342 g/mol. The highest BCUT2D eigenvalue weighted by Gasteiger charge is 2.48. The highest BCUT2D eigenvalue weighted by molar-refractivity contribution is 7.05. The molecule has 0 radical (unpaired) electrons. The Bertz CT molecular complexity index is 772. The lowest BCUT2D eigenvalue weighted by molar-refractivity contribution is -0.122. The molecule has 2 aliphatic heterocycles. The van der Waals surface area contributed by atoms with Gasteiger partial charge in [0.2, 0.25) is 5.91 Å². The molecule has 1 N–H and O–H groups in total. The van der Waals surface area contributed by atoms with E-state index in [4.69, 9.17) is 0 Å². The largest absolute Gasteiger partial charge is 0.325 e. The zero-order valence-electron chi connectivity index (χ0n) is 14.1. The molecule has 2 aliphatic rings. The Morgan fingerprint density at radius 2 is 2.21 bits per heavy atom. The summed E-state index contributed by atoms with van der Waals surface area (Å²) < 4.78 is 4.13. The van der Waals surface area contributed by atoms with Gasteiger partial charge in [-0.15, -0.1) is 5.10 Å². The van der Waals surface area contributed by atoms with Crippen molar-refractivity contribution in [1.29, 1.82) is 0 Å². The van der Waals surface area contributed by atoms with Crippen molar-refractivity contribution in [3.8, 4) is 0 Å². The second kappa shape index (κ2) is 5.93. The Morgan fingerprint density at radius 3 is 3.04 bits per heavy atom. The highest BCUT2D eigenvalue weighted by Crippen LogP contribution is 2.44. The van der Waals surface area contributed by atoms with Crippen LogP contribution < -0.4 is 5.32 Å². The minimum atomic E-state index is -0.398. The van der Waals surface area contributed by atoms with Crippen LogP contribution in [-0.2, 0) is 16.8 Å². The molecule has 1 saturated heterocycles. The Morgan fingerprint density at radius 1 is 1.38 bits per heavy atom. The van der Waals surface area contributed by atoms with Gasteiger partial charge < -0.3 is 5.32 Å². The molecule has 0 bridgehead atoms. The summed E-state index contributed by atoms with van der Waals surface area (Å²) in [6.45, 7) is 6.93. The van der Waals surface area contributed by atoms with Crippen LogP contribution in [-0.4, -0.2) is 33.5 Å². The molecule has 1 aromatic carbocycles. The molecule has 1 aromatic heterocycles. The number of benzene rings is 1. The summed E-state index contributed by atoms with van der Waals surface area (Å²) in [6, 6.07) is 8.12. The van der Waals surface area contributed by atoms with Crippen LogP contribution in [0.25, 0.3) is 0 Å². The quantitative estimate of drug-likeness (QED) is 0.931. The number of hydrogen-bond acceptors (Lipinski definition) is 5. The minimum Gasteiger partial charge on any atom is -0.325 e. The lowest BCUT2D eigenvalue weighted by Crippen LogP contribution is -2.49. The lowest BCUT2D eigenvalue weighted by Gasteiger charge is -2.39. The molecule has 4 rings (SSSR count). The number of likely N-dealkylation sites (tertiary alicyclic amines) is 1. The van der Waals surface area contributed by atoms with Crippen molar-refractivity contribution in [3.05, 3.63) is 40.4 Å². The van der Waals surface area contributed by atoms with Gasteiger partial charge in [-0.1, -0.05) is 36.5 Å². The van der Waals surface area contributed by atoms with Crippen molar-refractivity contribution in [2.24, 2.45) is 0 Å². The van der Waals surface area contributed by atoms with E-state index in [9.17, 15) is 4.79 Å². The maximum Gasteiger partial charge on any atom is 0.236 e. The maximum atomic E-state index is 12.8. The normalized spacial score (nSPS) is 23.7. The van der Waals surface area contributed by atoms with Crippen LogP contribution in [0.1, 0.15) is 48.7 Å². The summed E-state index contributed by atoms with van der Waals surface area (Å²) in [6.07, 6.45) is 1.95. The Labute approximate surface area is 146 Å². The van der Waals surface area contributed by atoms with Gasteiger partial charge >= 0.3 is 0 Å². The van der Waals surface area contributed by atoms with Crippen LogP contribution in [0, 0.1) is 0 Å².